The Kier molecular flexibility index (Phi) is 5.71. The minimum absolute atomic E-state index is 0.0694. The van der Waals surface area contributed by atoms with Crippen LogP contribution in [-0.2, 0) is 6.54 Å². The molecule has 2 rings (SSSR count). The number of hydrogen-bond acceptors (Lipinski definition) is 3. The standard InChI is InChI=1S/C17H28FN3/c1-3-7-21(12-15-8-16(18)11-20-10-15)17(13-19)6-4-5-14(2)9-17/h8,10-11,14H,3-7,9,12-13,19H2,1-2H3. The third-order valence-corrected chi connectivity index (χ3v) is 4.75. The van der Waals surface area contributed by atoms with Crippen LogP contribution < -0.4 is 5.73 Å². The molecule has 0 spiro atoms. The van der Waals surface area contributed by atoms with Crippen LogP contribution in [0.3, 0.4) is 0 Å². The van der Waals surface area contributed by atoms with Crippen LogP contribution in [-0.4, -0.2) is 28.5 Å². The lowest BCUT2D eigenvalue weighted by Gasteiger charge is -2.48. The van der Waals surface area contributed by atoms with E-state index in [4.69, 9.17) is 5.73 Å². The summed E-state index contributed by atoms with van der Waals surface area (Å²) in [5.41, 5.74) is 7.19. The summed E-state index contributed by atoms with van der Waals surface area (Å²) in [7, 11) is 0. The summed E-state index contributed by atoms with van der Waals surface area (Å²) in [4.78, 5) is 6.44. The highest BCUT2D eigenvalue weighted by molar-refractivity contribution is 5.11. The Morgan fingerprint density at radius 3 is 2.90 bits per heavy atom. The lowest BCUT2D eigenvalue weighted by molar-refractivity contribution is 0.0320. The van der Waals surface area contributed by atoms with E-state index in [0.29, 0.717) is 12.5 Å². The lowest BCUT2D eigenvalue weighted by atomic mass is 9.75. The van der Waals surface area contributed by atoms with Crippen molar-refractivity contribution in [3.8, 4) is 0 Å². The average Bonchev–Trinajstić information content (AvgIpc) is 2.47. The highest BCUT2D eigenvalue weighted by atomic mass is 19.1. The van der Waals surface area contributed by atoms with Gasteiger partial charge in [0, 0.05) is 24.8 Å². The second kappa shape index (κ2) is 7.32. The average molecular weight is 293 g/mol. The molecule has 21 heavy (non-hydrogen) atoms. The molecular formula is C17H28FN3. The molecule has 1 saturated carbocycles. The molecule has 0 radical (unpaired) electrons. The van der Waals surface area contributed by atoms with Crippen molar-refractivity contribution in [2.24, 2.45) is 11.7 Å². The Bertz CT molecular complexity index is 451. The van der Waals surface area contributed by atoms with E-state index in [-0.39, 0.29) is 11.4 Å². The Morgan fingerprint density at radius 1 is 1.48 bits per heavy atom. The lowest BCUT2D eigenvalue weighted by Crippen LogP contribution is -2.56. The van der Waals surface area contributed by atoms with Crippen LogP contribution in [0.4, 0.5) is 4.39 Å². The molecule has 1 fully saturated rings. The molecule has 4 heteroatoms. The zero-order chi connectivity index (χ0) is 15.3. The number of hydrogen-bond donors (Lipinski definition) is 1. The quantitative estimate of drug-likeness (QED) is 0.874. The highest BCUT2D eigenvalue weighted by Gasteiger charge is 2.38. The normalized spacial score (nSPS) is 26.2. The molecule has 2 unspecified atom stereocenters. The zero-order valence-corrected chi connectivity index (χ0v) is 13.3. The third-order valence-electron chi connectivity index (χ3n) is 4.75. The first-order chi connectivity index (χ1) is 10.1. The molecule has 1 aromatic heterocycles. The third kappa shape index (κ3) is 4.01. The van der Waals surface area contributed by atoms with Gasteiger partial charge in [0.25, 0.3) is 0 Å². The number of pyridine rings is 1. The molecule has 1 heterocycles. The summed E-state index contributed by atoms with van der Waals surface area (Å²) in [6.45, 7) is 6.92. The van der Waals surface area contributed by atoms with E-state index < -0.39 is 0 Å². The van der Waals surface area contributed by atoms with E-state index in [9.17, 15) is 4.39 Å². The van der Waals surface area contributed by atoms with Crippen molar-refractivity contribution in [2.45, 2.75) is 58.0 Å². The SMILES string of the molecule is CCCN(Cc1cncc(F)c1)C1(CN)CCCC(C)C1. The van der Waals surface area contributed by atoms with E-state index in [1.54, 1.807) is 12.3 Å². The first-order valence-electron chi connectivity index (χ1n) is 8.14. The minimum Gasteiger partial charge on any atom is -0.329 e. The largest absolute Gasteiger partial charge is 0.329 e. The van der Waals surface area contributed by atoms with E-state index in [1.807, 2.05) is 0 Å². The van der Waals surface area contributed by atoms with Gasteiger partial charge in [-0.05, 0) is 43.4 Å². The van der Waals surface area contributed by atoms with Gasteiger partial charge < -0.3 is 5.73 Å². The van der Waals surface area contributed by atoms with E-state index >= 15 is 0 Å². The summed E-state index contributed by atoms with van der Waals surface area (Å²) in [6, 6.07) is 1.59. The molecule has 0 saturated heterocycles. The van der Waals surface area contributed by atoms with Crippen LogP contribution in [0.5, 0.6) is 0 Å². The van der Waals surface area contributed by atoms with Crippen molar-refractivity contribution in [3.05, 3.63) is 29.8 Å². The Morgan fingerprint density at radius 2 is 2.29 bits per heavy atom. The second-order valence-corrected chi connectivity index (χ2v) is 6.56. The van der Waals surface area contributed by atoms with Gasteiger partial charge in [-0.25, -0.2) is 4.39 Å². The summed E-state index contributed by atoms with van der Waals surface area (Å²) in [6.07, 6.45) is 8.93. The number of nitrogens with zero attached hydrogens (tertiary/aromatic N) is 2. The predicted molar refractivity (Wildman–Crippen MR) is 84.3 cm³/mol. The van der Waals surface area contributed by atoms with Gasteiger partial charge in [-0.2, -0.15) is 0 Å². The van der Waals surface area contributed by atoms with Crippen molar-refractivity contribution < 1.29 is 4.39 Å². The van der Waals surface area contributed by atoms with Crippen molar-refractivity contribution in [3.63, 3.8) is 0 Å². The van der Waals surface area contributed by atoms with Gasteiger partial charge >= 0.3 is 0 Å². The molecule has 2 N–H and O–H groups in total. The Balaban J connectivity index is 2.19. The maximum Gasteiger partial charge on any atom is 0.141 e. The molecule has 118 valence electrons. The van der Waals surface area contributed by atoms with Crippen molar-refractivity contribution in [1.82, 2.24) is 9.88 Å². The van der Waals surface area contributed by atoms with Gasteiger partial charge in [0.05, 0.1) is 6.20 Å². The fourth-order valence-electron chi connectivity index (χ4n) is 3.75. The molecule has 0 aliphatic heterocycles. The van der Waals surface area contributed by atoms with Crippen LogP contribution >= 0.6 is 0 Å². The van der Waals surface area contributed by atoms with E-state index in [2.05, 4.69) is 23.7 Å². The van der Waals surface area contributed by atoms with E-state index in [0.717, 1.165) is 37.9 Å². The van der Waals surface area contributed by atoms with Gasteiger partial charge in [-0.1, -0.05) is 26.7 Å². The molecule has 3 nitrogen and oxygen atoms in total. The summed E-state index contributed by atoms with van der Waals surface area (Å²) < 4.78 is 13.4. The molecule has 1 aliphatic carbocycles. The number of halogens is 1. The first kappa shape index (κ1) is 16.4. The molecule has 0 amide bonds. The summed E-state index contributed by atoms with van der Waals surface area (Å²) in [5, 5.41) is 0. The maximum atomic E-state index is 13.4. The van der Waals surface area contributed by atoms with Crippen LogP contribution in [0.2, 0.25) is 0 Å². The number of nitrogens with two attached hydrogens (primary N) is 1. The molecule has 1 aliphatic rings. The first-order valence-corrected chi connectivity index (χ1v) is 8.14. The Hall–Kier alpha value is -1.00. The zero-order valence-electron chi connectivity index (χ0n) is 13.3. The second-order valence-electron chi connectivity index (χ2n) is 6.56. The summed E-state index contributed by atoms with van der Waals surface area (Å²) in [5.74, 6) is 0.454. The monoisotopic (exact) mass is 293 g/mol. The van der Waals surface area contributed by atoms with Gasteiger partial charge in [-0.15, -0.1) is 0 Å². The van der Waals surface area contributed by atoms with Crippen molar-refractivity contribution >= 4 is 0 Å². The topological polar surface area (TPSA) is 42.2 Å². The highest BCUT2D eigenvalue weighted by Crippen LogP contribution is 2.37. The smallest absolute Gasteiger partial charge is 0.141 e. The van der Waals surface area contributed by atoms with Crippen LogP contribution in [0.25, 0.3) is 0 Å². The van der Waals surface area contributed by atoms with Crippen LogP contribution in [0.1, 0.15) is 51.5 Å². The molecule has 0 aromatic carbocycles. The minimum atomic E-state index is -0.261. The van der Waals surface area contributed by atoms with E-state index in [1.165, 1.54) is 19.0 Å². The van der Waals surface area contributed by atoms with Crippen molar-refractivity contribution in [1.29, 1.82) is 0 Å². The summed E-state index contributed by atoms with van der Waals surface area (Å²) >= 11 is 0. The van der Waals surface area contributed by atoms with Gasteiger partial charge in [-0.3, -0.25) is 9.88 Å². The Labute approximate surface area is 127 Å². The molecule has 0 bridgehead atoms. The van der Waals surface area contributed by atoms with Crippen molar-refractivity contribution in [2.75, 3.05) is 13.1 Å². The van der Waals surface area contributed by atoms with Gasteiger partial charge in [0.1, 0.15) is 5.82 Å². The predicted octanol–water partition coefficient (Wildman–Crippen LogP) is 3.34. The number of rotatable bonds is 6. The van der Waals surface area contributed by atoms with Gasteiger partial charge in [0.15, 0.2) is 0 Å². The molecule has 2 atom stereocenters. The number of aromatic nitrogens is 1. The molecular weight excluding hydrogens is 265 g/mol. The van der Waals surface area contributed by atoms with Gasteiger partial charge in [0.2, 0.25) is 0 Å². The van der Waals surface area contributed by atoms with Crippen LogP contribution in [0.15, 0.2) is 18.5 Å². The maximum absolute atomic E-state index is 13.4. The molecule has 1 aromatic rings. The van der Waals surface area contributed by atoms with Crippen LogP contribution in [0, 0.1) is 11.7 Å². The fraction of sp³-hybridized carbons (Fsp3) is 0.706. The fourth-order valence-corrected chi connectivity index (χ4v) is 3.75.